The molecule has 1 aliphatic rings. The van der Waals surface area contributed by atoms with Crippen LogP contribution in [0.1, 0.15) is 42.9 Å². The van der Waals surface area contributed by atoms with Gasteiger partial charge in [0.1, 0.15) is 6.04 Å². The van der Waals surface area contributed by atoms with E-state index in [0.717, 1.165) is 29.5 Å². The van der Waals surface area contributed by atoms with E-state index in [2.05, 4.69) is 27.8 Å². The topological polar surface area (TPSA) is 121 Å². The number of likely N-dealkylation sites (N-methyl/N-ethyl adjacent to an activating group) is 1. The average molecular weight is 599 g/mol. The van der Waals surface area contributed by atoms with E-state index < -0.39 is 18.1 Å². The molecule has 4 N–H and O–H groups in total. The van der Waals surface area contributed by atoms with Gasteiger partial charge in [-0.3, -0.25) is 19.4 Å². The molecule has 2 heterocycles. The summed E-state index contributed by atoms with van der Waals surface area (Å²) in [7, 11) is 1.72. The second-order valence-corrected chi connectivity index (χ2v) is 11.6. The number of aromatic nitrogens is 1. The molecule has 0 radical (unpaired) electrons. The maximum absolute atomic E-state index is 14.1. The first-order valence-corrected chi connectivity index (χ1v) is 15.6. The molecule has 3 aromatic rings. The number of amides is 3. The van der Waals surface area contributed by atoms with Gasteiger partial charge in [0, 0.05) is 38.1 Å². The number of carbonyl (C=O) groups excluding carboxylic acids is 3. The number of carbonyl (C=O) groups is 3. The number of hydrogen-bond donors (Lipinski definition) is 3. The molecule has 0 unspecified atom stereocenters. The normalized spacial score (nSPS) is 16.6. The highest BCUT2D eigenvalue weighted by Crippen LogP contribution is 2.22. The van der Waals surface area contributed by atoms with Gasteiger partial charge in [0.25, 0.3) is 0 Å². The van der Waals surface area contributed by atoms with Crippen molar-refractivity contribution >= 4 is 17.7 Å². The molecule has 2 aromatic carbocycles. The number of nitrogens with zero attached hydrogens (tertiary/aromatic N) is 3. The lowest BCUT2D eigenvalue weighted by molar-refractivity contribution is -0.140. The fourth-order valence-corrected chi connectivity index (χ4v) is 5.71. The molecule has 4 rings (SSSR count). The molecule has 234 valence electrons. The molecule has 0 spiro atoms. The predicted molar refractivity (Wildman–Crippen MR) is 173 cm³/mol. The Labute approximate surface area is 261 Å². The van der Waals surface area contributed by atoms with E-state index in [1.54, 1.807) is 26.4 Å². The van der Waals surface area contributed by atoms with Crippen molar-refractivity contribution < 1.29 is 14.4 Å². The Morgan fingerprint density at radius 1 is 0.955 bits per heavy atom. The fourth-order valence-electron chi connectivity index (χ4n) is 5.71. The molecule has 0 bridgehead atoms. The van der Waals surface area contributed by atoms with Gasteiger partial charge >= 0.3 is 0 Å². The van der Waals surface area contributed by atoms with Gasteiger partial charge < -0.3 is 26.2 Å². The zero-order chi connectivity index (χ0) is 31.3. The molecule has 9 nitrogen and oxygen atoms in total. The van der Waals surface area contributed by atoms with Gasteiger partial charge in [-0.2, -0.15) is 0 Å². The van der Waals surface area contributed by atoms with Crippen LogP contribution < -0.4 is 16.4 Å². The van der Waals surface area contributed by atoms with Crippen molar-refractivity contribution in [2.75, 3.05) is 26.7 Å². The molecule has 1 aromatic heterocycles. The number of benzene rings is 2. The first-order valence-electron chi connectivity index (χ1n) is 15.6. The highest BCUT2D eigenvalue weighted by Gasteiger charge is 2.36. The van der Waals surface area contributed by atoms with Crippen molar-refractivity contribution in [3.8, 4) is 0 Å². The number of likely N-dealkylation sites (tertiary alicyclic amines) is 1. The maximum atomic E-state index is 14.1. The summed E-state index contributed by atoms with van der Waals surface area (Å²) in [6.45, 7) is 3.26. The lowest BCUT2D eigenvalue weighted by Gasteiger charge is -2.34. The van der Waals surface area contributed by atoms with Crippen molar-refractivity contribution in [2.24, 2.45) is 5.73 Å². The van der Waals surface area contributed by atoms with Crippen LogP contribution >= 0.6 is 0 Å². The fraction of sp³-hybridized carbons (Fsp3) is 0.429. The van der Waals surface area contributed by atoms with Crippen molar-refractivity contribution in [2.45, 2.75) is 69.6 Å². The maximum Gasteiger partial charge on any atom is 0.245 e. The highest BCUT2D eigenvalue weighted by atomic mass is 16.2. The van der Waals surface area contributed by atoms with E-state index in [0.29, 0.717) is 45.3 Å². The second kappa shape index (κ2) is 16.7. The van der Waals surface area contributed by atoms with Gasteiger partial charge in [-0.15, -0.1) is 0 Å². The number of nitrogens with one attached hydrogen (secondary N) is 2. The lowest BCUT2D eigenvalue weighted by atomic mass is 10.0. The number of rotatable bonds is 15. The Hall–Kier alpha value is -4.08. The minimum Gasteiger partial charge on any atom is -0.343 e. The van der Waals surface area contributed by atoms with Crippen LogP contribution in [-0.2, 0) is 33.6 Å². The third kappa shape index (κ3) is 9.46. The Morgan fingerprint density at radius 2 is 1.59 bits per heavy atom. The van der Waals surface area contributed by atoms with Crippen LogP contribution in [0.25, 0.3) is 0 Å². The molecule has 0 saturated carbocycles. The molecule has 44 heavy (non-hydrogen) atoms. The molecular weight excluding hydrogens is 552 g/mol. The highest BCUT2D eigenvalue weighted by molar-refractivity contribution is 5.90. The summed E-state index contributed by atoms with van der Waals surface area (Å²) in [5, 5.41) is 5.96. The quantitative estimate of drug-likeness (QED) is 0.248. The summed E-state index contributed by atoms with van der Waals surface area (Å²) >= 11 is 0. The molecule has 0 aliphatic carbocycles. The van der Waals surface area contributed by atoms with Crippen LogP contribution in [0.3, 0.4) is 0 Å². The van der Waals surface area contributed by atoms with Crippen LogP contribution in [0.4, 0.5) is 0 Å². The summed E-state index contributed by atoms with van der Waals surface area (Å²) in [4.78, 5) is 48.5. The van der Waals surface area contributed by atoms with Gasteiger partial charge in [-0.05, 0) is 81.3 Å². The minimum absolute atomic E-state index is 0.100. The van der Waals surface area contributed by atoms with E-state index >= 15 is 0 Å². The molecular formula is C35H46N6O3. The SMILES string of the molecule is CN[C@@H](C)C(=O)N[C@@H](CCc1ccccc1)C(=O)N1CCC[C@H]1CN(CCc1ccccc1)C(=O)[C@H](N)Cc1ccncc1. The van der Waals surface area contributed by atoms with Gasteiger partial charge in [0.2, 0.25) is 17.7 Å². The first kappa shape index (κ1) is 32.8. The zero-order valence-corrected chi connectivity index (χ0v) is 25.9. The van der Waals surface area contributed by atoms with E-state index in [1.165, 1.54) is 0 Å². The average Bonchev–Trinajstić information content (AvgIpc) is 3.53. The van der Waals surface area contributed by atoms with Crippen molar-refractivity contribution in [3.05, 3.63) is 102 Å². The second-order valence-electron chi connectivity index (χ2n) is 11.6. The summed E-state index contributed by atoms with van der Waals surface area (Å²) < 4.78 is 0. The molecule has 9 heteroatoms. The van der Waals surface area contributed by atoms with E-state index in [-0.39, 0.29) is 23.8 Å². The largest absolute Gasteiger partial charge is 0.343 e. The first-order chi connectivity index (χ1) is 21.4. The number of pyridine rings is 1. The Kier molecular flexibility index (Phi) is 12.4. The zero-order valence-electron chi connectivity index (χ0n) is 25.9. The van der Waals surface area contributed by atoms with Crippen LogP contribution in [-0.4, -0.2) is 83.4 Å². The van der Waals surface area contributed by atoms with E-state index in [9.17, 15) is 14.4 Å². The Balaban J connectivity index is 1.50. The number of aryl methyl sites for hydroxylation is 1. The van der Waals surface area contributed by atoms with Crippen molar-refractivity contribution in [3.63, 3.8) is 0 Å². The molecule has 1 fully saturated rings. The van der Waals surface area contributed by atoms with Crippen LogP contribution in [0.15, 0.2) is 85.2 Å². The van der Waals surface area contributed by atoms with Crippen LogP contribution in [0.5, 0.6) is 0 Å². The number of nitrogens with two attached hydrogens (primary N) is 1. The Morgan fingerprint density at radius 3 is 2.23 bits per heavy atom. The van der Waals surface area contributed by atoms with E-state index in [1.807, 2.05) is 70.5 Å². The smallest absolute Gasteiger partial charge is 0.245 e. The van der Waals surface area contributed by atoms with E-state index in [4.69, 9.17) is 5.73 Å². The van der Waals surface area contributed by atoms with Gasteiger partial charge in [-0.25, -0.2) is 0 Å². The summed E-state index contributed by atoms with van der Waals surface area (Å²) in [6, 6.07) is 21.8. The standard InChI is InChI=1S/C35H46N6O3/c1-26(37-2)33(42)39-32(16-15-27-10-5-3-6-11-27)35(44)41-22-9-14-30(41)25-40(23-19-28-12-7-4-8-13-28)34(43)31(36)24-29-17-20-38-21-18-29/h3-8,10-13,17-18,20-21,26,30-32,37H,9,14-16,19,22-25,36H2,1-2H3,(H,39,42)/t26-,30-,31+,32-/m0/s1. The summed E-state index contributed by atoms with van der Waals surface area (Å²) in [6.07, 6.45) is 7.27. The van der Waals surface area contributed by atoms with Crippen molar-refractivity contribution in [1.29, 1.82) is 0 Å². The molecule has 3 amide bonds. The Bertz CT molecular complexity index is 1320. The van der Waals surface area contributed by atoms with Crippen molar-refractivity contribution in [1.82, 2.24) is 25.4 Å². The lowest BCUT2D eigenvalue weighted by Crippen LogP contribution is -2.56. The summed E-state index contributed by atoms with van der Waals surface area (Å²) in [5.74, 6) is -0.443. The van der Waals surface area contributed by atoms with Gasteiger partial charge in [0.15, 0.2) is 0 Å². The number of hydrogen-bond acceptors (Lipinski definition) is 6. The van der Waals surface area contributed by atoms with Crippen LogP contribution in [0.2, 0.25) is 0 Å². The molecule has 1 saturated heterocycles. The van der Waals surface area contributed by atoms with Gasteiger partial charge in [0.05, 0.1) is 12.1 Å². The summed E-state index contributed by atoms with van der Waals surface area (Å²) in [5.41, 5.74) is 9.68. The van der Waals surface area contributed by atoms with Crippen LogP contribution in [0, 0.1) is 0 Å². The van der Waals surface area contributed by atoms with Gasteiger partial charge in [-0.1, -0.05) is 60.7 Å². The molecule has 1 aliphatic heterocycles. The third-order valence-electron chi connectivity index (χ3n) is 8.44. The minimum atomic E-state index is -0.709. The monoisotopic (exact) mass is 598 g/mol. The molecule has 4 atom stereocenters. The predicted octanol–water partition coefficient (Wildman–Crippen LogP) is 2.74. The third-order valence-corrected chi connectivity index (χ3v) is 8.44.